The molecule has 4 aromatic heterocycles. The lowest BCUT2D eigenvalue weighted by Gasteiger charge is -2.03. The van der Waals surface area contributed by atoms with Crippen LogP contribution in [0.25, 0.3) is 33.4 Å². The minimum atomic E-state index is -0.534. The van der Waals surface area contributed by atoms with Crippen LogP contribution in [-0.4, -0.2) is 48.5 Å². The summed E-state index contributed by atoms with van der Waals surface area (Å²) >= 11 is 6.90. The second kappa shape index (κ2) is 11.8. The standard InChI is InChI=1S/C17H14BrN3O2.C16H13BrN4O/c1-23-17(22)15-14-7-11(10-5-6-10)9-19-16(14)21(20-15)13-4-2-3-12(18)8-13;17-11-2-1-3-12(7-11)21-16-13(14(20-21)15(18)22)6-10(8-19-16)9-4-5-9/h2-4,7-10H,5-6H2,1H3;1-3,6-9H,4-5H2,(H2,18,22). The monoisotopic (exact) mass is 727 g/mol. The number of fused-ring (bicyclic) bond motifs is 2. The zero-order valence-corrected chi connectivity index (χ0v) is 27.3. The molecular formula is C33H27Br2N7O3. The first-order valence-electron chi connectivity index (χ1n) is 14.5. The maximum atomic E-state index is 12.1. The predicted octanol–water partition coefficient (Wildman–Crippen LogP) is 7.01. The van der Waals surface area contributed by atoms with Gasteiger partial charge in [-0.25, -0.2) is 24.1 Å². The van der Waals surface area contributed by atoms with Crippen LogP contribution < -0.4 is 5.73 Å². The molecule has 0 unspecified atom stereocenters. The van der Waals surface area contributed by atoms with E-state index in [9.17, 15) is 9.59 Å². The summed E-state index contributed by atoms with van der Waals surface area (Å²) in [5.74, 6) is 0.144. The molecule has 45 heavy (non-hydrogen) atoms. The van der Waals surface area contributed by atoms with E-state index in [-0.39, 0.29) is 5.69 Å². The summed E-state index contributed by atoms with van der Waals surface area (Å²) in [4.78, 5) is 32.9. The first-order chi connectivity index (χ1) is 21.8. The Labute approximate surface area is 274 Å². The quantitative estimate of drug-likeness (QED) is 0.183. The smallest absolute Gasteiger partial charge is 0.359 e. The lowest BCUT2D eigenvalue weighted by Crippen LogP contribution is -2.12. The van der Waals surface area contributed by atoms with E-state index in [1.165, 1.54) is 32.8 Å². The van der Waals surface area contributed by atoms with Gasteiger partial charge in [0.05, 0.1) is 29.3 Å². The molecule has 0 spiro atoms. The highest BCUT2D eigenvalue weighted by Crippen LogP contribution is 2.41. The molecule has 6 aromatic rings. The summed E-state index contributed by atoms with van der Waals surface area (Å²) in [6.45, 7) is 0. The van der Waals surface area contributed by atoms with Crippen molar-refractivity contribution in [2.45, 2.75) is 37.5 Å². The molecule has 0 atom stereocenters. The van der Waals surface area contributed by atoms with Gasteiger partial charge in [-0.2, -0.15) is 10.2 Å². The Morgan fingerprint density at radius 2 is 1.22 bits per heavy atom. The normalized spacial score (nSPS) is 14.3. The SMILES string of the molecule is COC(=O)c1nn(-c2cccc(Br)c2)c2ncc(C3CC3)cc12.NC(=O)c1nn(-c2cccc(Br)c2)c2ncc(C3CC3)cc12. The summed E-state index contributed by atoms with van der Waals surface area (Å²) in [5, 5.41) is 10.3. The summed E-state index contributed by atoms with van der Waals surface area (Å²) in [6.07, 6.45) is 8.48. The minimum absolute atomic E-state index is 0.268. The fourth-order valence-corrected chi connectivity index (χ4v) is 6.10. The number of methoxy groups -OCH3 is 1. The first-order valence-corrected chi connectivity index (χ1v) is 16.1. The minimum Gasteiger partial charge on any atom is -0.464 e. The number of halogens is 2. The van der Waals surface area contributed by atoms with E-state index >= 15 is 0 Å². The molecule has 2 N–H and O–H groups in total. The second-order valence-electron chi connectivity index (χ2n) is 11.2. The van der Waals surface area contributed by atoms with Crippen LogP contribution >= 0.6 is 31.9 Å². The molecule has 2 aromatic carbocycles. The zero-order chi connectivity index (χ0) is 31.2. The highest BCUT2D eigenvalue weighted by Gasteiger charge is 2.28. The average Bonchev–Trinajstić information content (AvgIpc) is 3.99. The zero-order valence-electron chi connectivity index (χ0n) is 24.2. The van der Waals surface area contributed by atoms with Gasteiger partial charge < -0.3 is 10.5 Å². The molecule has 2 aliphatic carbocycles. The predicted molar refractivity (Wildman–Crippen MR) is 177 cm³/mol. The molecule has 0 bridgehead atoms. The molecular weight excluding hydrogens is 702 g/mol. The van der Waals surface area contributed by atoms with Gasteiger partial charge in [0, 0.05) is 21.3 Å². The third kappa shape index (κ3) is 5.87. The highest BCUT2D eigenvalue weighted by atomic mass is 79.9. The molecule has 12 heteroatoms. The maximum absolute atomic E-state index is 12.1. The fraction of sp³-hybridized carbons (Fsp3) is 0.212. The van der Waals surface area contributed by atoms with E-state index in [2.05, 4.69) is 52.0 Å². The van der Waals surface area contributed by atoms with Gasteiger partial charge in [-0.15, -0.1) is 0 Å². The van der Waals surface area contributed by atoms with Crippen molar-refractivity contribution in [1.82, 2.24) is 29.5 Å². The third-order valence-electron chi connectivity index (χ3n) is 7.90. The average molecular weight is 729 g/mol. The molecule has 2 fully saturated rings. The Bertz CT molecular complexity index is 2110. The van der Waals surface area contributed by atoms with Gasteiger partial charge in [-0.1, -0.05) is 44.0 Å². The van der Waals surface area contributed by atoms with Crippen molar-refractivity contribution in [3.05, 3.63) is 105 Å². The maximum Gasteiger partial charge on any atom is 0.359 e. The number of esters is 1. The Balaban J connectivity index is 0.000000145. The van der Waals surface area contributed by atoms with Crippen molar-refractivity contribution < 1.29 is 14.3 Å². The van der Waals surface area contributed by atoms with Gasteiger partial charge >= 0.3 is 5.97 Å². The number of aromatic nitrogens is 6. The van der Waals surface area contributed by atoms with Gasteiger partial charge in [0.1, 0.15) is 0 Å². The van der Waals surface area contributed by atoms with Crippen LogP contribution in [-0.2, 0) is 4.74 Å². The number of hydrogen-bond acceptors (Lipinski definition) is 7. The van der Waals surface area contributed by atoms with Crippen LogP contribution in [0.3, 0.4) is 0 Å². The van der Waals surface area contributed by atoms with Crippen LogP contribution in [0.1, 0.15) is 69.6 Å². The topological polar surface area (TPSA) is 131 Å². The largest absolute Gasteiger partial charge is 0.464 e. The summed E-state index contributed by atoms with van der Waals surface area (Å²) in [6, 6.07) is 19.4. The highest BCUT2D eigenvalue weighted by molar-refractivity contribution is 9.10. The molecule has 10 nitrogen and oxygen atoms in total. The van der Waals surface area contributed by atoms with Crippen molar-refractivity contribution in [3.63, 3.8) is 0 Å². The van der Waals surface area contributed by atoms with Gasteiger partial charge in [-0.3, -0.25) is 4.79 Å². The van der Waals surface area contributed by atoms with Crippen LogP contribution in [0.4, 0.5) is 0 Å². The number of carbonyl (C=O) groups is 2. The van der Waals surface area contributed by atoms with Crippen molar-refractivity contribution in [2.75, 3.05) is 7.11 Å². The van der Waals surface area contributed by atoms with E-state index in [1.54, 1.807) is 9.36 Å². The lowest BCUT2D eigenvalue weighted by atomic mass is 10.1. The molecule has 4 heterocycles. The summed E-state index contributed by atoms with van der Waals surface area (Å²) < 4.78 is 10.1. The van der Waals surface area contributed by atoms with E-state index in [0.717, 1.165) is 42.2 Å². The molecule has 226 valence electrons. The number of pyridine rings is 2. The third-order valence-corrected chi connectivity index (χ3v) is 8.89. The van der Waals surface area contributed by atoms with Crippen molar-refractivity contribution in [3.8, 4) is 11.4 Å². The molecule has 2 saturated carbocycles. The Hall–Kier alpha value is -4.42. The number of rotatable bonds is 6. The number of ether oxygens (including phenoxy) is 1. The summed E-state index contributed by atoms with van der Waals surface area (Å²) in [5.41, 5.74) is 11.4. The Kier molecular flexibility index (Phi) is 7.70. The first kappa shape index (κ1) is 29.3. The molecule has 8 rings (SSSR count). The van der Waals surface area contributed by atoms with Crippen LogP contribution in [0.5, 0.6) is 0 Å². The van der Waals surface area contributed by atoms with Gasteiger partial charge in [-0.05, 0) is 97.2 Å². The fourth-order valence-electron chi connectivity index (χ4n) is 5.32. The Morgan fingerprint density at radius 3 is 1.64 bits per heavy atom. The van der Waals surface area contributed by atoms with E-state index in [1.807, 2.05) is 73.1 Å². The number of nitrogens with zero attached hydrogens (tertiary/aromatic N) is 6. The van der Waals surface area contributed by atoms with Crippen molar-refractivity contribution in [2.24, 2.45) is 5.73 Å². The molecule has 0 radical (unpaired) electrons. The second-order valence-corrected chi connectivity index (χ2v) is 13.0. The Morgan fingerprint density at radius 1 is 0.756 bits per heavy atom. The van der Waals surface area contributed by atoms with Crippen molar-refractivity contribution >= 4 is 65.8 Å². The lowest BCUT2D eigenvalue weighted by molar-refractivity contribution is 0.0595. The van der Waals surface area contributed by atoms with E-state index < -0.39 is 11.9 Å². The van der Waals surface area contributed by atoms with Crippen LogP contribution in [0.15, 0.2) is 82.0 Å². The van der Waals surface area contributed by atoms with Gasteiger partial charge in [0.2, 0.25) is 0 Å². The molecule has 0 saturated heterocycles. The van der Waals surface area contributed by atoms with Crippen LogP contribution in [0.2, 0.25) is 0 Å². The number of primary amides is 1. The van der Waals surface area contributed by atoms with Gasteiger partial charge in [0.15, 0.2) is 22.7 Å². The molecule has 1 amide bonds. The number of hydrogen-bond donors (Lipinski definition) is 1. The number of amides is 1. The van der Waals surface area contributed by atoms with Crippen LogP contribution in [0, 0.1) is 0 Å². The number of carbonyl (C=O) groups excluding carboxylic acids is 2. The summed E-state index contributed by atoms with van der Waals surface area (Å²) in [7, 11) is 1.37. The van der Waals surface area contributed by atoms with Crippen molar-refractivity contribution in [1.29, 1.82) is 0 Å². The number of nitrogens with two attached hydrogens (primary N) is 1. The molecule has 0 aliphatic heterocycles. The molecule has 2 aliphatic rings. The van der Waals surface area contributed by atoms with E-state index in [4.69, 9.17) is 10.5 Å². The van der Waals surface area contributed by atoms with Gasteiger partial charge in [0.25, 0.3) is 5.91 Å². The van der Waals surface area contributed by atoms with E-state index in [0.29, 0.717) is 28.8 Å². The number of benzene rings is 2.